The van der Waals surface area contributed by atoms with Crippen molar-refractivity contribution in [3.8, 4) is 5.75 Å². The number of ether oxygens (including phenoxy) is 1. The number of nitrogens with one attached hydrogen (secondary N) is 1. The summed E-state index contributed by atoms with van der Waals surface area (Å²) in [7, 11) is 0.919. The van der Waals surface area contributed by atoms with Gasteiger partial charge in [-0.25, -0.2) is 0 Å². The Bertz CT molecular complexity index is 629. The standard InChI is InChI=1S/C15H20N2O2S/c1-11-10-17-15-12(6-4-7-13(15)19-2)14(11)16-8-5-9-20(3)18/h4,6-7,10H,5,8-9H2,1-3H3,(H,16,17). The number of hydrogen-bond acceptors (Lipinski definition) is 4. The van der Waals surface area contributed by atoms with Crippen LogP contribution in [0.1, 0.15) is 12.0 Å². The molecule has 0 saturated heterocycles. The van der Waals surface area contributed by atoms with Gasteiger partial charge in [-0.1, -0.05) is 12.1 Å². The zero-order valence-electron chi connectivity index (χ0n) is 12.1. The summed E-state index contributed by atoms with van der Waals surface area (Å²) in [6, 6.07) is 5.92. The van der Waals surface area contributed by atoms with E-state index >= 15 is 0 Å². The van der Waals surface area contributed by atoms with Crippen molar-refractivity contribution < 1.29 is 8.95 Å². The van der Waals surface area contributed by atoms with Crippen molar-refractivity contribution in [2.75, 3.05) is 31.0 Å². The fourth-order valence-corrected chi connectivity index (χ4v) is 2.73. The second kappa shape index (κ2) is 6.70. The maximum Gasteiger partial charge on any atom is 0.145 e. The Hall–Kier alpha value is -1.62. The van der Waals surface area contributed by atoms with E-state index in [2.05, 4.69) is 10.3 Å². The number of benzene rings is 1. The molecule has 1 heterocycles. The number of hydrogen-bond donors (Lipinski definition) is 1. The summed E-state index contributed by atoms with van der Waals surface area (Å²) in [6.07, 6.45) is 4.47. The van der Waals surface area contributed by atoms with Crippen molar-refractivity contribution in [2.45, 2.75) is 13.3 Å². The van der Waals surface area contributed by atoms with E-state index in [1.807, 2.05) is 31.3 Å². The molecule has 0 fully saturated rings. The minimum absolute atomic E-state index is 0.721. The van der Waals surface area contributed by atoms with Crippen molar-refractivity contribution in [3.63, 3.8) is 0 Å². The number of aryl methyl sites for hydroxylation is 1. The number of pyridine rings is 1. The third-order valence-electron chi connectivity index (χ3n) is 3.18. The van der Waals surface area contributed by atoms with Crippen LogP contribution in [-0.4, -0.2) is 34.9 Å². The molecule has 0 aliphatic carbocycles. The molecule has 4 nitrogen and oxygen atoms in total. The van der Waals surface area contributed by atoms with Gasteiger partial charge in [0.15, 0.2) is 0 Å². The van der Waals surface area contributed by atoms with Gasteiger partial charge in [0.05, 0.1) is 7.11 Å². The van der Waals surface area contributed by atoms with Crippen LogP contribution >= 0.6 is 0 Å². The number of methoxy groups -OCH3 is 1. The van der Waals surface area contributed by atoms with E-state index in [0.717, 1.165) is 46.6 Å². The van der Waals surface area contributed by atoms with Gasteiger partial charge in [-0.2, -0.15) is 0 Å². The SMILES string of the molecule is COc1cccc2c(NCCCS(C)=O)c(C)cnc12. The van der Waals surface area contributed by atoms with Crippen molar-refractivity contribution in [1.82, 2.24) is 4.98 Å². The molecule has 20 heavy (non-hydrogen) atoms. The van der Waals surface area contributed by atoms with Gasteiger partial charge in [0.25, 0.3) is 0 Å². The molecule has 0 aliphatic heterocycles. The number of fused-ring (bicyclic) bond motifs is 1. The lowest BCUT2D eigenvalue weighted by Crippen LogP contribution is -2.08. The van der Waals surface area contributed by atoms with Gasteiger partial charge < -0.3 is 10.1 Å². The summed E-state index contributed by atoms with van der Waals surface area (Å²) < 4.78 is 16.4. The predicted octanol–water partition coefficient (Wildman–Crippen LogP) is 2.73. The van der Waals surface area contributed by atoms with Crippen LogP contribution in [0.5, 0.6) is 5.75 Å². The highest BCUT2D eigenvalue weighted by Gasteiger charge is 2.09. The molecule has 1 N–H and O–H groups in total. The molecule has 2 rings (SSSR count). The summed E-state index contributed by atoms with van der Waals surface area (Å²) >= 11 is 0. The first kappa shape index (κ1) is 14.8. The van der Waals surface area contributed by atoms with E-state index in [4.69, 9.17) is 4.74 Å². The van der Waals surface area contributed by atoms with E-state index in [-0.39, 0.29) is 0 Å². The molecule has 5 heteroatoms. The van der Waals surface area contributed by atoms with Crippen LogP contribution in [-0.2, 0) is 10.8 Å². The minimum atomic E-state index is -0.733. The highest BCUT2D eigenvalue weighted by molar-refractivity contribution is 7.84. The van der Waals surface area contributed by atoms with Gasteiger partial charge >= 0.3 is 0 Å². The molecule has 0 radical (unpaired) electrons. The third-order valence-corrected chi connectivity index (χ3v) is 4.04. The van der Waals surface area contributed by atoms with E-state index in [1.165, 1.54) is 0 Å². The van der Waals surface area contributed by atoms with Crippen molar-refractivity contribution in [1.29, 1.82) is 0 Å². The van der Waals surface area contributed by atoms with Crippen LogP contribution in [0.15, 0.2) is 24.4 Å². The minimum Gasteiger partial charge on any atom is -0.494 e. The molecule has 2 aromatic rings. The monoisotopic (exact) mass is 292 g/mol. The van der Waals surface area contributed by atoms with Crippen LogP contribution in [0.3, 0.4) is 0 Å². The summed E-state index contributed by atoms with van der Waals surface area (Å²) in [4.78, 5) is 4.46. The van der Waals surface area contributed by atoms with Gasteiger partial charge in [-0.05, 0) is 25.0 Å². The van der Waals surface area contributed by atoms with Crippen molar-refractivity contribution in [3.05, 3.63) is 30.0 Å². The zero-order valence-corrected chi connectivity index (χ0v) is 12.9. The van der Waals surface area contributed by atoms with Crippen LogP contribution in [0.4, 0.5) is 5.69 Å². The molecule has 1 aromatic carbocycles. The number of rotatable bonds is 6. The lowest BCUT2D eigenvalue weighted by atomic mass is 10.1. The van der Waals surface area contributed by atoms with E-state index in [9.17, 15) is 4.21 Å². The van der Waals surface area contributed by atoms with E-state index < -0.39 is 10.8 Å². The van der Waals surface area contributed by atoms with Crippen molar-refractivity contribution in [2.24, 2.45) is 0 Å². The zero-order chi connectivity index (χ0) is 14.5. The summed E-state index contributed by atoms with van der Waals surface area (Å²) in [5, 5.41) is 4.49. The smallest absolute Gasteiger partial charge is 0.145 e. The largest absolute Gasteiger partial charge is 0.494 e. The normalized spacial score (nSPS) is 12.3. The fraction of sp³-hybridized carbons (Fsp3) is 0.400. The first-order valence-electron chi connectivity index (χ1n) is 6.59. The molecule has 0 aliphatic rings. The topological polar surface area (TPSA) is 51.2 Å². The second-order valence-corrected chi connectivity index (χ2v) is 6.28. The highest BCUT2D eigenvalue weighted by atomic mass is 32.2. The number of anilines is 1. The molecule has 0 saturated carbocycles. The Morgan fingerprint density at radius 2 is 2.20 bits per heavy atom. The van der Waals surface area contributed by atoms with Crippen LogP contribution in [0.2, 0.25) is 0 Å². The molecule has 1 unspecified atom stereocenters. The Kier molecular flexibility index (Phi) is 4.95. The van der Waals surface area contributed by atoms with E-state index in [0.29, 0.717) is 0 Å². The van der Waals surface area contributed by atoms with Crippen molar-refractivity contribution >= 4 is 27.4 Å². The van der Waals surface area contributed by atoms with Gasteiger partial charge in [0, 0.05) is 46.6 Å². The Morgan fingerprint density at radius 3 is 2.90 bits per heavy atom. The molecule has 1 atom stereocenters. The maximum absolute atomic E-state index is 11.1. The number of para-hydroxylation sites is 1. The quantitative estimate of drug-likeness (QED) is 0.832. The van der Waals surface area contributed by atoms with E-state index in [1.54, 1.807) is 13.4 Å². The molecule has 1 aromatic heterocycles. The summed E-state index contributed by atoms with van der Waals surface area (Å²) in [5.41, 5.74) is 3.04. The van der Waals surface area contributed by atoms with Crippen LogP contribution in [0.25, 0.3) is 10.9 Å². The summed E-state index contributed by atoms with van der Waals surface area (Å²) in [6.45, 7) is 2.84. The average molecular weight is 292 g/mol. The van der Waals surface area contributed by atoms with Crippen LogP contribution in [0, 0.1) is 6.92 Å². The predicted molar refractivity (Wildman–Crippen MR) is 85.1 cm³/mol. The molecule has 0 amide bonds. The fourth-order valence-electron chi connectivity index (χ4n) is 2.18. The summed E-state index contributed by atoms with van der Waals surface area (Å²) in [5.74, 6) is 1.50. The van der Waals surface area contributed by atoms with Gasteiger partial charge in [-0.3, -0.25) is 9.19 Å². The van der Waals surface area contributed by atoms with Gasteiger partial charge in [0.1, 0.15) is 11.3 Å². The van der Waals surface area contributed by atoms with Gasteiger partial charge in [0.2, 0.25) is 0 Å². The Labute approximate surface area is 122 Å². The molecular formula is C15H20N2O2S. The van der Waals surface area contributed by atoms with Crippen LogP contribution < -0.4 is 10.1 Å². The lowest BCUT2D eigenvalue weighted by Gasteiger charge is -2.13. The van der Waals surface area contributed by atoms with Gasteiger partial charge in [-0.15, -0.1) is 0 Å². The molecular weight excluding hydrogens is 272 g/mol. The average Bonchev–Trinajstić information content (AvgIpc) is 2.44. The maximum atomic E-state index is 11.1. The number of nitrogens with zero attached hydrogens (tertiary/aromatic N) is 1. The molecule has 108 valence electrons. The molecule has 0 spiro atoms. The highest BCUT2D eigenvalue weighted by Crippen LogP contribution is 2.30. The Morgan fingerprint density at radius 1 is 1.40 bits per heavy atom. The first-order chi connectivity index (χ1) is 9.63. The third kappa shape index (κ3) is 3.28. The second-order valence-electron chi connectivity index (χ2n) is 4.73. The Balaban J connectivity index is 2.27. The number of aromatic nitrogens is 1. The first-order valence-corrected chi connectivity index (χ1v) is 8.32. The molecule has 0 bridgehead atoms. The lowest BCUT2D eigenvalue weighted by molar-refractivity contribution is 0.419.